The van der Waals surface area contributed by atoms with Gasteiger partial charge in [0.2, 0.25) is 11.8 Å². The third-order valence-electron chi connectivity index (χ3n) is 5.85. The average molecular weight is 425 g/mol. The second-order valence-electron chi connectivity index (χ2n) is 8.87. The minimum absolute atomic E-state index is 0.0163. The molecule has 2 aromatic rings. The maximum Gasteiger partial charge on any atom is 0.325 e. The van der Waals surface area contributed by atoms with Gasteiger partial charge in [-0.25, -0.2) is 4.79 Å². The van der Waals surface area contributed by atoms with Gasteiger partial charge in [0.15, 0.2) is 5.82 Å². The molecule has 2 atom stereocenters. The number of nitrogens with zero attached hydrogens (tertiary/aromatic N) is 3. The van der Waals surface area contributed by atoms with E-state index >= 15 is 0 Å². The zero-order chi connectivity index (χ0) is 22.3. The van der Waals surface area contributed by atoms with Gasteiger partial charge < -0.3 is 15.2 Å². The summed E-state index contributed by atoms with van der Waals surface area (Å²) in [6, 6.07) is 6.26. The van der Waals surface area contributed by atoms with E-state index in [1.807, 2.05) is 32.9 Å². The standard InChI is InChI=1S/C22H27N5O4/c1-12(2)17(19-24-18(26-31-19)14-7-8-14)23-16(28)11-27-20(29)22(4,25-21(27)30)15-9-5-13(3)6-10-15/h5-6,9-10,12,14,17H,7-8,11H2,1-4H3,(H,23,28)(H,25,30). The lowest BCUT2D eigenvalue weighted by Crippen LogP contribution is -2.44. The summed E-state index contributed by atoms with van der Waals surface area (Å²) in [5, 5.41) is 9.57. The van der Waals surface area contributed by atoms with E-state index in [9.17, 15) is 14.4 Å². The molecular formula is C22H27N5O4. The number of carbonyl (C=O) groups excluding carboxylic acids is 3. The number of benzene rings is 1. The van der Waals surface area contributed by atoms with Crippen LogP contribution in [0.3, 0.4) is 0 Å². The molecule has 2 heterocycles. The summed E-state index contributed by atoms with van der Waals surface area (Å²) in [5.41, 5.74) is 0.498. The number of hydrogen-bond acceptors (Lipinski definition) is 6. The summed E-state index contributed by atoms with van der Waals surface area (Å²) in [6.45, 7) is 7.05. The summed E-state index contributed by atoms with van der Waals surface area (Å²) in [5.74, 6) is 0.390. The van der Waals surface area contributed by atoms with E-state index < -0.39 is 29.4 Å². The van der Waals surface area contributed by atoms with Crippen molar-refractivity contribution in [2.75, 3.05) is 6.54 Å². The predicted molar refractivity (Wildman–Crippen MR) is 111 cm³/mol. The van der Waals surface area contributed by atoms with Gasteiger partial charge in [0.1, 0.15) is 18.1 Å². The third kappa shape index (κ3) is 4.04. The smallest absolute Gasteiger partial charge is 0.325 e. The zero-order valence-corrected chi connectivity index (χ0v) is 18.1. The van der Waals surface area contributed by atoms with Gasteiger partial charge in [0.05, 0.1) is 0 Å². The van der Waals surface area contributed by atoms with Gasteiger partial charge >= 0.3 is 6.03 Å². The topological polar surface area (TPSA) is 117 Å². The normalized spacial score (nSPS) is 22.0. The summed E-state index contributed by atoms with van der Waals surface area (Å²) in [4.78, 5) is 43.7. The zero-order valence-electron chi connectivity index (χ0n) is 18.1. The number of hydrogen-bond donors (Lipinski definition) is 2. The molecule has 2 N–H and O–H groups in total. The fourth-order valence-corrected chi connectivity index (χ4v) is 3.68. The van der Waals surface area contributed by atoms with E-state index in [0.717, 1.165) is 23.3 Å². The lowest BCUT2D eigenvalue weighted by Gasteiger charge is -2.23. The molecule has 164 valence electrons. The van der Waals surface area contributed by atoms with Gasteiger partial charge in [-0.1, -0.05) is 48.8 Å². The Morgan fingerprint density at radius 2 is 1.97 bits per heavy atom. The highest BCUT2D eigenvalue weighted by Gasteiger charge is 2.49. The lowest BCUT2D eigenvalue weighted by atomic mass is 9.91. The maximum atomic E-state index is 13.1. The molecule has 0 bridgehead atoms. The molecule has 0 spiro atoms. The van der Waals surface area contributed by atoms with Crippen molar-refractivity contribution in [3.8, 4) is 0 Å². The maximum absolute atomic E-state index is 13.1. The van der Waals surface area contributed by atoms with Crippen molar-refractivity contribution >= 4 is 17.8 Å². The highest BCUT2D eigenvalue weighted by Crippen LogP contribution is 2.38. The van der Waals surface area contributed by atoms with Crippen LogP contribution < -0.4 is 10.6 Å². The largest absolute Gasteiger partial charge is 0.342 e. The molecule has 1 aliphatic heterocycles. The second-order valence-corrected chi connectivity index (χ2v) is 8.87. The molecule has 0 radical (unpaired) electrons. The first-order valence-electron chi connectivity index (χ1n) is 10.5. The van der Waals surface area contributed by atoms with Crippen LogP contribution >= 0.6 is 0 Å². The second kappa shape index (κ2) is 7.79. The van der Waals surface area contributed by atoms with Crippen molar-refractivity contribution in [3.05, 3.63) is 47.1 Å². The van der Waals surface area contributed by atoms with Gasteiger partial charge in [0, 0.05) is 5.92 Å². The van der Waals surface area contributed by atoms with Gasteiger partial charge in [-0.15, -0.1) is 0 Å². The van der Waals surface area contributed by atoms with Crippen molar-refractivity contribution in [2.45, 2.75) is 58.0 Å². The number of aromatic nitrogens is 2. The third-order valence-corrected chi connectivity index (χ3v) is 5.85. The fourth-order valence-electron chi connectivity index (χ4n) is 3.68. The van der Waals surface area contributed by atoms with E-state index in [4.69, 9.17) is 4.52 Å². The molecule has 1 aromatic heterocycles. The van der Waals surface area contributed by atoms with Crippen LogP contribution in [0.5, 0.6) is 0 Å². The summed E-state index contributed by atoms with van der Waals surface area (Å²) < 4.78 is 5.37. The lowest BCUT2D eigenvalue weighted by molar-refractivity contribution is -0.135. The van der Waals surface area contributed by atoms with Crippen LogP contribution in [0.25, 0.3) is 0 Å². The van der Waals surface area contributed by atoms with E-state index in [1.54, 1.807) is 19.1 Å². The van der Waals surface area contributed by atoms with E-state index in [2.05, 4.69) is 20.8 Å². The first-order chi connectivity index (χ1) is 14.7. The highest BCUT2D eigenvalue weighted by atomic mass is 16.5. The average Bonchev–Trinajstić information content (AvgIpc) is 3.42. The molecule has 2 fully saturated rings. The van der Waals surface area contributed by atoms with Gasteiger partial charge in [-0.2, -0.15) is 4.98 Å². The van der Waals surface area contributed by atoms with Gasteiger partial charge in [0.25, 0.3) is 5.91 Å². The molecular weight excluding hydrogens is 398 g/mol. The predicted octanol–water partition coefficient (Wildman–Crippen LogP) is 2.54. The molecule has 2 aliphatic rings. The minimum Gasteiger partial charge on any atom is -0.342 e. The van der Waals surface area contributed by atoms with E-state index in [0.29, 0.717) is 23.2 Å². The first-order valence-corrected chi connectivity index (χ1v) is 10.5. The number of imide groups is 1. The fraction of sp³-hybridized carbons (Fsp3) is 0.500. The molecule has 9 heteroatoms. The Morgan fingerprint density at radius 1 is 1.29 bits per heavy atom. The summed E-state index contributed by atoms with van der Waals surface area (Å²) in [6.07, 6.45) is 2.09. The minimum atomic E-state index is -1.21. The van der Waals surface area contributed by atoms with Crippen molar-refractivity contribution in [1.29, 1.82) is 0 Å². The number of amides is 4. The van der Waals surface area contributed by atoms with Crippen molar-refractivity contribution in [2.24, 2.45) is 5.92 Å². The number of aryl methyl sites for hydroxylation is 1. The van der Waals surface area contributed by atoms with Crippen LogP contribution in [0.15, 0.2) is 28.8 Å². The van der Waals surface area contributed by atoms with Crippen LogP contribution in [0.1, 0.15) is 68.4 Å². The molecule has 4 rings (SSSR count). The monoisotopic (exact) mass is 425 g/mol. The highest BCUT2D eigenvalue weighted by molar-refractivity contribution is 6.09. The SMILES string of the molecule is Cc1ccc(C2(C)NC(=O)N(CC(=O)NC(c3nc(C4CC4)no3)C(C)C)C2=O)cc1. The number of nitrogens with one attached hydrogen (secondary N) is 2. The van der Waals surface area contributed by atoms with Crippen LogP contribution in [0, 0.1) is 12.8 Å². The van der Waals surface area contributed by atoms with Crippen LogP contribution in [0.2, 0.25) is 0 Å². The van der Waals surface area contributed by atoms with Gasteiger partial charge in [-0.3, -0.25) is 14.5 Å². The molecule has 9 nitrogen and oxygen atoms in total. The van der Waals surface area contributed by atoms with Crippen LogP contribution in [0.4, 0.5) is 4.79 Å². The number of urea groups is 1. The number of rotatable bonds is 7. The van der Waals surface area contributed by atoms with Gasteiger partial charge in [-0.05, 0) is 38.2 Å². The van der Waals surface area contributed by atoms with E-state index in [-0.39, 0.29) is 12.5 Å². The Morgan fingerprint density at radius 3 is 2.58 bits per heavy atom. The molecule has 2 unspecified atom stereocenters. The van der Waals surface area contributed by atoms with Crippen LogP contribution in [-0.4, -0.2) is 39.4 Å². The first kappa shape index (κ1) is 21.0. The molecule has 1 aliphatic carbocycles. The number of carbonyl (C=O) groups is 3. The Labute approximate surface area is 180 Å². The Hall–Kier alpha value is -3.23. The molecule has 31 heavy (non-hydrogen) atoms. The van der Waals surface area contributed by atoms with Crippen molar-refractivity contribution in [3.63, 3.8) is 0 Å². The molecule has 1 saturated carbocycles. The molecule has 4 amide bonds. The summed E-state index contributed by atoms with van der Waals surface area (Å²) in [7, 11) is 0. The molecule has 1 saturated heterocycles. The Balaban J connectivity index is 1.46. The Kier molecular flexibility index (Phi) is 5.28. The Bertz CT molecular complexity index is 1010. The summed E-state index contributed by atoms with van der Waals surface area (Å²) >= 11 is 0. The molecule has 1 aromatic carbocycles. The van der Waals surface area contributed by atoms with Crippen molar-refractivity contribution < 1.29 is 18.9 Å². The van der Waals surface area contributed by atoms with E-state index in [1.165, 1.54) is 0 Å². The van der Waals surface area contributed by atoms with Crippen LogP contribution in [-0.2, 0) is 15.1 Å². The quantitative estimate of drug-likeness (QED) is 0.659. The van der Waals surface area contributed by atoms with Crippen molar-refractivity contribution in [1.82, 2.24) is 25.7 Å².